The number of halogens is 1. The van der Waals surface area contributed by atoms with Gasteiger partial charge in [0.15, 0.2) is 0 Å². The number of hydrogen-bond donors (Lipinski definition) is 1. The molecule has 1 aliphatic heterocycles. The van der Waals surface area contributed by atoms with Crippen molar-refractivity contribution in [2.45, 2.75) is 19.5 Å². The van der Waals surface area contributed by atoms with Gasteiger partial charge >= 0.3 is 6.03 Å². The second-order valence-electron chi connectivity index (χ2n) is 8.16. The minimum atomic E-state index is -0.508. The standard InChI is InChI=1S/C27H23ClN4O3/c1-17-23(26-30-25(31-35-26)19-9-4-3-5-10-19)24(20-11-7-12-21(28)15-20)29-27(33)32(17)16-18-8-6-13-22(14-18)34-2/h3-15,24H,16H2,1-2H3,(H,29,33). The van der Waals surface area contributed by atoms with Crippen molar-refractivity contribution in [2.24, 2.45) is 0 Å². The molecular formula is C27H23ClN4O3. The molecule has 176 valence electrons. The van der Waals surface area contributed by atoms with E-state index in [1.54, 1.807) is 18.1 Å². The summed E-state index contributed by atoms with van der Waals surface area (Å²) in [6, 6.07) is 23.9. The average molecular weight is 487 g/mol. The van der Waals surface area contributed by atoms with Gasteiger partial charge in [0.05, 0.1) is 25.3 Å². The molecule has 0 aliphatic carbocycles. The third-order valence-electron chi connectivity index (χ3n) is 5.94. The zero-order chi connectivity index (χ0) is 24.4. The number of nitrogens with zero attached hydrogens (tertiary/aromatic N) is 3. The molecule has 2 heterocycles. The lowest BCUT2D eigenvalue weighted by Crippen LogP contribution is -2.45. The quantitative estimate of drug-likeness (QED) is 0.356. The highest BCUT2D eigenvalue weighted by molar-refractivity contribution is 6.30. The molecule has 2 amide bonds. The fraction of sp³-hybridized carbons (Fsp3) is 0.148. The van der Waals surface area contributed by atoms with Crippen LogP contribution in [0.1, 0.15) is 30.0 Å². The number of allylic oxidation sites excluding steroid dienone is 1. The molecule has 8 heteroatoms. The molecule has 0 saturated carbocycles. The van der Waals surface area contributed by atoms with E-state index in [9.17, 15) is 4.79 Å². The van der Waals surface area contributed by atoms with E-state index in [-0.39, 0.29) is 6.03 Å². The van der Waals surface area contributed by atoms with Crippen LogP contribution in [-0.2, 0) is 6.54 Å². The van der Waals surface area contributed by atoms with Crippen molar-refractivity contribution in [3.8, 4) is 17.1 Å². The lowest BCUT2D eigenvalue weighted by Gasteiger charge is -2.35. The first-order chi connectivity index (χ1) is 17.0. The summed E-state index contributed by atoms with van der Waals surface area (Å²) in [5, 5.41) is 7.87. The molecule has 5 rings (SSSR count). The normalized spacial score (nSPS) is 15.8. The van der Waals surface area contributed by atoms with Crippen LogP contribution in [0, 0.1) is 0 Å². The molecule has 0 bridgehead atoms. The lowest BCUT2D eigenvalue weighted by atomic mass is 9.94. The van der Waals surface area contributed by atoms with E-state index in [2.05, 4.69) is 15.5 Å². The van der Waals surface area contributed by atoms with E-state index >= 15 is 0 Å². The molecule has 1 N–H and O–H groups in total. The first kappa shape index (κ1) is 22.7. The Balaban J connectivity index is 1.60. The number of carbonyl (C=O) groups excluding carboxylic acids is 1. The van der Waals surface area contributed by atoms with Crippen molar-refractivity contribution < 1.29 is 14.1 Å². The van der Waals surface area contributed by atoms with Gasteiger partial charge in [0.1, 0.15) is 5.75 Å². The zero-order valence-electron chi connectivity index (χ0n) is 19.2. The number of aromatic nitrogens is 2. The van der Waals surface area contributed by atoms with Crippen LogP contribution in [0.25, 0.3) is 17.0 Å². The molecule has 0 radical (unpaired) electrons. The molecule has 0 fully saturated rings. The molecule has 7 nitrogen and oxygen atoms in total. The fourth-order valence-corrected chi connectivity index (χ4v) is 4.37. The summed E-state index contributed by atoms with van der Waals surface area (Å²) in [5.74, 6) is 1.53. The molecule has 4 aromatic rings. The van der Waals surface area contributed by atoms with Crippen molar-refractivity contribution >= 4 is 23.2 Å². The third kappa shape index (κ3) is 4.63. The summed E-state index contributed by atoms with van der Waals surface area (Å²) in [6.45, 7) is 2.23. The Kier molecular flexibility index (Phi) is 6.25. The number of carbonyl (C=O) groups is 1. The molecule has 3 aromatic carbocycles. The van der Waals surface area contributed by atoms with Crippen LogP contribution in [0.2, 0.25) is 5.02 Å². The number of methoxy groups -OCH3 is 1. The molecule has 0 spiro atoms. The second-order valence-corrected chi connectivity index (χ2v) is 8.60. The molecule has 35 heavy (non-hydrogen) atoms. The van der Waals surface area contributed by atoms with Gasteiger partial charge < -0.3 is 14.6 Å². The SMILES string of the molecule is COc1cccc(CN2C(=O)NC(c3cccc(Cl)c3)C(c3nc(-c4ccccc4)no3)=C2C)c1. The first-order valence-corrected chi connectivity index (χ1v) is 11.5. The highest BCUT2D eigenvalue weighted by Gasteiger charge is 2.36. The van der Waals surface area contributed by atoms with Gasteiger partial charge in [0.25, 0.3) is 5.89 Å². The number of rotatable bonds is 6. The summed E-state index contributed by atoms with van der Waals surface area (Å²) < 4.78 is 11.1. The maximum Gasteiger partial charge on any atom is 0.322 e. The highest BCUT2D eigenvalue weighted by Crippen LogP contribution is 2.38. The lowest BCUT2D eigenvalue weighted by molar-refractivity contribution is 0.203. The second kappa shape index (κ2) is 9.64. The number of amides is 2. The van der Waals surface area contributed by atoms with Crippen molar-refractivity contribution in [2.75, 3.05) is 7.11 Å². The number of benzene rings is 3. The van der Waals surface area contributed by atoms with Crippen LogP contribution in [0.3, 0.4) is 0 Å². The fourth-order valence-electron chi connectivity index (χ4n) is 4.18. The summed E-state index contributed by atoms with van der Waals surface area (Å²) >= 11 is 6.28. The van der Waals surface area contributed by atoms with Crippen molar-refractivity contribution in [3.05, 3.63) is 107 Å². The Hall–Kier alpha value is -4.10. The largest absolute Gasteiger partial charge is 0.497 e. The first-order valence-electron chi connectivity index (χ1n) is 11.1. The smallest absolute Gasteiger partial charge is 0.322 e. The molecule has 0 saturated heterocycles. The molecule has 1 aromatic heterocycles. The Morgan fingerprint density at radius 1 is 1.06 bits per heavy atom. The average Bonchev–Trinajstić information content (AvgIpc) is 3.36. The number of urea groups is 1. The topological polar surface area (TPSA) is 80.5 Å². The monoisotopic (exact) mass is 486 g/mol. The zero-order valence-corrected chi connectivity index (χ0v) is 20.0. The summed E-state index contributed by atoms with van der Waals surface area (Å²) in [6.07, 6.45) is 0. The number of hydrogen-bond acceptors (Lipinski definition) is 5. The third-order valence-corrected chi connectivity index (χ3v) is 6.18. The maximum atomic E-state index is 13.3. The molecule has 1 atom stereocenters. The van der Waals surface area contributed by atoms with Crippen LogP contribution in [-0.4, -0.2) is 28.2 Å². The number of nitrogens with one attached hydrogen (secondary N) is 1. The van der Waals surface area contributed by atoms with Gasteiger partial charge in [-0.3, -0.25) is 4.90 Å². The Labute approximate surface area is 208 Å². The van der Waals surface area contributed by atoms with Gasteiger partial charge in [0, 0.05) is 16.3 Å². The predicted molar refractivity (Wildman–Crippen MR) is 134 cm³/mol. The van der Waals surface area contributed by atoms with E-state index < -0.39 is 6.04 Å². The van der Waals surface area contributed by atoms with Crippen LogP contribution < -0.4 is 10.1 Å². The van der Waals surface area contributed by atoms with Crippen molar-refractivity contribution in [1.82, 2.24) is 20.4 Å². The minimum absolute atomic E-state index is 0.234. The summed E-state index contributed by atoms with van der Waals surface area (Å²) in [5.41, 5.74) is 4.01. The number of ether oxygens (including phenoxy) is 1. The summed E-state index contributed by atoms with van der Waals surface area (Å²) in [4.78, 5) is 19.6. The highest BCUT2D eigenvalue weighted by atomic mass is 35.5. The predicted octanol–water partition coefficient (Wildman–Crippen LogP) is 6.10. The van der Waals surface area contributed by atoms with Gasteiger partial charge in [-0.2, -0.15) is 4.98 Å². The van der Waals surface area contributed by atoms with E-state index in [1.807, 2.05) is 79.7 Å². The van der Waals surface area contributed by atoms with Crippen LogP contribution in [0.5, 0.6) is 5.75 Å². The Morgan fingerprint density at radius 3 is 2.63 bits per heavy atom. The van der Waals surface area contributed by atoms with Crippen molar-refractivity contribution in [1.29, 1.82) is 0 Å². The van der Waals surface area contributed by atoms with Gasteiger partial charge in [-0.1, -0.05) is 71.4 Å². The van der Waals surface area contributed by atoms with Gasteiger partial charge in [-0.15, -0.1) is 0 Å². The van der Waals surface area contributed by atoms with Crippen LogP contribution in [0.15, 0.2) is 89.1 Å². The molecule has 1 unspecified atom stereocenters. The van der Waals surface area contributed by atoms with E-state index in [0.29, 0.717) is 34.6 Å². The van der Waals surface area contributed by atoms with Gasteiger partial charge in [-0.25, -0.2) is 4.79 Å². The van der Waals surface area contributed by atoms with Crippen LogP contribution >= 0.6 is 11.6 Å². The van der Waals surface area contributed by atoms with E-state index in [0.717, 1.165) is 22.4 Å². The van der Waals surface area contributed by atoms with E-state index in [4.69, 9.17) is 20.9 Å². The Morgan fingerprint density at radius 2 is 1.86 bits per heavy atom. The molecule has 1 aliphatic rings. The summed E-state index contributed by atoms with van der Waals surface area (Å²) in [7, 11) is 1.62. The maximum absolute atomic E-state index is 13.3. The van der Waals surface area contributed by atoms with Gasteiger partial charge in [0.2, 0.25) is 5.82 Å². The van der Waals surface area contributed by atoms with Crippen LogP contribution in [0.4, 0.5) is 4.79 Å². The van der Waals surface area contributed by atoms with Gasteiger partial charge in [-0.05, 0) is 42.3 Å². The molecular weight excluding hydrogens is 464 g/mol. The van der Waals surface area contributed by atoms with Crippen molar-refractivity contribution in [3.63, 3.8) is 0 Å². The Bertz CT molecular complexity index is 1400. The van der Waals surface area contributed by atoms with E-state index in [1.165, 1.54) is 0 Å². The minimum Gasteiger partial charge on any atom is -0.497 e.